The van der Waals surface area contributed by atoms with Crippen molar-refractivity contribution in [1.82, 2.24) is 4.57 Å². The lowest BCUT2D eigenvalue weighted by atomic mass is 9.92. The first-order chi connectivity index (χ1) is 19.3. The van der Waals surface area contributed by atoms with Gasteiger partial charge in [-0.15, -0.1) is 0 Å². The number of imide groups is 1. The van der Waals surface area contributed by atoms with Gasteiger partial charge in [-0.25, -0.2) is 4.90 Å². The smallest absolute Gasteiger partial charge is 0.258 e. The standard InChI is InChI=1S/C34H36N2O4/c1-5-21-14-19(15-22(6-2)31(21)35-27(37)11-12-28(35)38)13-20-16-23(7-3)32(24(8-4)17-20)36-33(39)29-25-9-10-26(18-25)30(29)34(36)40/h9-12,14-17,25-26,39-40H,5-8,13,18H2,1-4H3. The lowest BCUT2D eigenvalue weighted by Gasteiger charge is -2.23. The van der Waals surface area contributed by atoms with Crippen molar-refractivity contribution in [3.63, 3.8) is 0 Å². The number of anilines is 1. The molecule has 2 N–H and O–H groups in total. The minimum atomic E-state index is -0.288. The molecule has 2 atom stereocenters. The summed E-state index contributed by atoms with van der Waals surface area (Å²) in [6.07, 6.45) is 11.5. The summed E-state index contributed by atoms with van der Waals surface area (Å²) in [5.41, 5.74) is 9.79. The molecule has 2 aromatic carbocycles. The average Bonchev–Trinajstić information content (AvgIpc) is 3.72. The largest absolute Gasteiger partial charge is 0.494 e. The summed E-state index contributed by atoms with van der Waals surface area (Å²) in [6, 6.07) is 8.62. The predicted octanol–water partition coefficient (Wildman–Crippen LogP) is 6.30. The molecule has 0 fully saturated rings. The zero-order valence-electron chi connectivity index (χ0n) is 23.6. The number of aryl methyl sites for hydroxylation is 4. The Balaban J connectivity index is 1.41. The highest BCUT2D eigenvalue weighted by Gasteiger charge is 2.41. The van der Waals surface area contributed by atoms with Crippen molar-refractivity contribution in [2.24, 2.45) is 0 Å². The molecule has 6 heteroatoms. The van der Waals surface area contributed by atoms with Crippen LogP contribution < -0.4 is 4.90 Å². The Labute approximate surface area is 235 Å². The second kappa shape index (κ2) is 9.84. The van der Waals surface area contributed by atoms with Gasteiger partial charge < -0.3 is 10.2 Å². The summed E-state index contributed by atoms with van der Waals surface area (Å²) in [4.78, 5) is 26.3. The summed E-state index contributed by atoms with van der Waals surface area (Å²) in [6.45, 7) is 8.31. The average molecular weight is 537 g/mol. The Morgan fingerprint density at radius 3 is 1.48 bits per heavy atom. The van der Waals surface area contributed by atoms with Crippen LogP contribution in [0.5, 0.6) is 11.8 Å². The number of hydrogen-bond donors (Lipinski definition) is 2. The molecule has 0 spiro atoms. The van der Waals surface area contributed by atoms with Crippen LogP contribution in [-0.2, 0) is 41.7 Å². The van der Waals surface area contributed by atoms with E-state index in [1.807, 2.05) is 0 Å². The van der Waals surface area contributed by atoms with Gasteiger partial charge in [0.15, 0.2) is 0 Å². The number of carbonyl (C=O) groups is 2. The van der Waals surface area contributed by atoms with Crippen molar-refractivity contribution < 1.29 is 19.8 Å². The first-order valence-electron chi connectivity index (χ1n) is 14.5. The van der Waals surface area contributed by atoms with E-state index in [0.29, 0.717) is 19.3 Å². The SMILES string of the molecule is CCc1cc(Cc2cc(CC)c(-n3c(O)c4c(c3O)C3C=CC4C3)c(CC)c2)cc(CC)c1N1C(=O)C=CC1=O. The molecule has 2 heterocycles. The van der Waals surface area contributed by atoms with Gasteiger partial charge in [-0.3, -0.25) is 14.2 Å². The number of nitrogens with zero attached hydrogens (tertiary/aromatic N) is 2. The van der Waals surface area contributed by atoms with Gasteiger partial charge in [0.25, 0.3) is 11.8 Å². The molecule has 2 aliphatic carbocycles. The lowest BCUT2D eigenvalue weighted by molar-refractivity contribution is -0.120. The third-order valence-electron chi connectivity index (χ3n) is 8.86. The molecule has 206 valence electrons. The van der Waals surface area contributed by atoms with Gasteiger partial charge in [0.1, 0.15) is 0 Å². The molecule has 3 aromatic rings. The van der Waals surface area contributed by atoms with Crippen LogP contribution in [0.3, 0.4) is 0 Å². The molecule has 2 bridgehead atoms. The van der Waals surface area contributed by atoms with E-state index in [2.05, 4.69) is 64.1 Å². The van der Waals surface area contributed by atoms with Crippen molar-refractivity contribution in [3.8, 4) is 17.4 Å². The number of aromatic hydroxyl groups is 2. The van der Waals surface area contributed by atoms with E-state index in [-0.39, 0.29) is 35.4 Å². The second-order valence-electron chi connectivity index (χ2n) is 11.1. The van der Waals surface area contributed by atoms with Gasteiger partial charge in [0, 0.05) is 35.1 Å². The van der Waals surface area contributed by atoms with E-state index in [9.17, 15) is 19.8 Å². The molecular formula is C34H36N2O4. The Morgan fingerprint density at radius 2 is 1.07 bits per heavy atom. The zero-order chi connectivity index (χ0) is 28.3. The van der Waals surface area contributed by atoms with Crippen LogP contribution in [0.25, 0.3) is 5.69 Å². The molecule has 6 nitrogen and oxygen atoms in total. The van der Waals surface area contributed by atoms with Crippen molar-refractivity contribution in [1.29, 1.82) is 0 Å². The normalized spacial score (nSPS) is 18.9. The van der Waals surface area contributed by atoms with Crippen LogP contribution in [0, 0.1) is 0 Å². The van der Waals surface area contributed by atoms with Crippen molar-refractivity contribution >= 4 is 17.5 Å². The third-order valence-corrected chi connectivity index (χ3v) is 8.86. The van der Waals surface area contributed by atoms with Crippen molar-refractivity contribution in [2.75, 3.05) is 4.90 Å². The van der Waals surface area contributed by atoms with Gasteiger partial charge >= 0.3 is 0 Å². The summed E-state index contributed by atoms with van der Waals surface area (Å²) in [5, 5.41) is 22.7. The van der Waals surface area contributed by atoms with Crippen molar-refractivity contribution in [2.45, 2.75) is 78.1 Å². The van der Waals surface area contributed by atoms with E-state index in [1.165, 1.54) is 17.1 Å². The number of hydrogen-bond acceptors (Lipinski definition) is 4. The molecule has 40 heavy (non-hydrogen) atoms. The molecule has 3 aliphatic rings. The molecule has 0 radical (unpaired) electrons. The van der Waals surface area contributed by atoms with E-state index in [1.54, 1.807) is 4.57 Å². The molecule has 2 amide bonds. The molecule has 0 saturated heterocycles. The van der Waals surface area contributed by atoms with Crippen LogP contribution in [0.2, 0.25) is 0 Å². The Morgan fingerprint density at radius 1 is 0.675 bits per heavy atom. The van der Waals surface area contributed by atoms with E-state index in [4.69, 9.17) is 0 Å². The third kappa shape index (κ3) is 3.84. The number of fused-ring (bicyclic) bond motifs is 5. The molecular weight excluding hydrogens is 500 g/mol. The van der Waals surface area contributed by atoms with Gasteiger partial charge in [-0.1, -0.05) is 64.1 Å². The fourth-order valence-electron chi connectivity index (χ4n) is 7.03. The number of benzene rings is 2. The summed E-state index contributed by atoms with van der Waals surface area (Å²) in [7, 11) is 0. The first kappa shape index (κ1) is 26.2. The number of allylic oxidation sites excluding steroid dienone is 2. The number of amides is 2. The first-order valence-corrected chi connectivity index (χ1v) is 14.5. The van der Waals surface area contributed by atoms with Gasteiger partial charge in [-0.2, -0.15) is 0 Å². The predicted molar refractivity (Wildman–Crippen MR) is 157 cm³/mol. The maximum atomic E-state index is 12.5. The monoisotopic (exact) mass is 536 g/mol. The molecule has 1 aliphatic heterocycles. The highest BCUT2D eigenvalue weighted by atomic mass is 16.3. The molecule has 6 rings (SSSR count). The van der Waals surface area contributed by atoms with Crippen LogP contribution >= 0.6 is 0 Å². The van der Waals surface area contributed by atoms with Crippen molar-refractivity contribution in [3.05, 3.63) is 93.1 Å². The Kier molecular flexibility index (Phi) is 6.44. The molecule has 0 saturated carbocycles. The molecule has 1 aromatic heterocycles. The van der Waals surface area contributed by atoms with E-state index >= 15 is 0 Å². The van der Waals surface area contributed by atoms with Crippen LogP contribution in [-0.4, -0.2) is 26.6 Å². The van der Waals surface area contributed by atoms with Gasteiger partial charge in [0.2, 0.25) is 11.8 Å². The minimum Gasteiger partial charge on any atom is -0.494 e. The van der Waals surface area contributed by atoms with E-state index < -0.39 is 0 Å². The Hall–Kier alpha value is -4.06. The maximum absolute atomic E-state index is 12.5. The van der Waals surface area contributed by atoms with Gasteiger partial charge in [0.05, 0.1) is 11.4 Å². The number of aromatic nitrogens is 1. The van der Waals surface area contributed by atoms with Gasteiger partial charge in [-0.05, 0) is 71.9 Å². The second-order valence-corrected chi connectivity index (χ2v) is 11.1. The fraction of sp³-hybridized carbons (Fsp3) is 0.353. The summed E-state index contributed by atoms with van der Waals surface area (Å²) < 4.78 is 1.68. The quantitative estimate of drug-likeness (QED) is 0.262. The number of rotatable bonds is 8. The minimum absolute atomic E-state index is 0.165. The maximum Gasteiger partial charge on any atom is 0.258 e. The van der Waals surface area contributed by atoms with Crippen LogP contribution in [0.15, 0.2) is 48.6 Å². The van der Waals surface area contributed by atoms with E-state index in [0.717, 1.165) is 75.1 Å². The highest BCUT2D eigenvalue weighted by Crippen LogP contribution is 2.57. The highest BCUT2D eigenvalue weighted by molar-refractivity contribution is 6.28. The van der Waals surface area contributed by atoms with Crippen LogP contribution in [0.4, 0.5) is 5.69 Å². The fourth-order valence-corrected chi connectivity index (χ4v) is 7.03. The molecule has 2 unspecified atom stereocenters. The van der Waals surface area contributed by atoms with Crippen LogP contribution in [0.1, 0.15) is 90.5 Å². The Bertz CT molecular complexity index is 1520. The summed E-state index contributed by atoms with van der Waals surface area (Å²) >= 11 is 0. The topological polar surface area (TPSA) is 82.8 Å². The summed E-state index contributed by atoms with van der Waals surface area (Å²) in [5.74, 6) is 0.0999. The zero-order valence-corrected chi connectivity index (χ0v) is 23.6. The lowest BCUT2D eigenvalue weighted by Crippen LogP contribution is -2.31. The number of carbonyl (C=O) groups excluding carboxylic acids is 2.